The van der Waals surface area contributed by atoms with Crippen molar-refractivity contribution >= 4 is 6.03 Å². The lowest BCUT2D eigenvalue weighted by molar-refractivity contribution is 0.176. The van der Waals surface area contributed by atoms with Crippen LogP contribution in [0.4, 0.5) is 4.79 Å². The fraction of sp³-hybridized carbons (Fsp3) is 0.929. The zero-order valence-electron chi connectivity index (χ0n) is 12.5. The Morgan fingerprint density at radius 3 is 2.47 bits per heavy atom. The summed E-state index contributed by atoms with van der Waals surface area (Å²) < 4.78 is 0. The van der Waals surface area contributed by atoms with Gasteiger partial charge in [-0.2, -0.15) is 0 Å². The summed E-state index contributed by atoms with van der Waals surface area (Å²) in [5.74, 6) is 0.701. The van der Waals surface area contributed by atoms with Crippen LogP contribution in [0.3, 0.4) is 0 Å². The van der Waals surface area contributed by atoms with E-state index in [2.05, 4.69) is 29.4 Å². The molecule has 1 atom stereocenters. The Morgan fingerprint density at radius 2 is 1.95 bits per heavy atom. The summed E-state index contributed by atoms with van der Waals surface area (Å²) in [6, 6.07) is 0.194. The zero-order chi connectivity index (χ0) is 14.3. The molecule has 112 valence electrons. The summed E-state index contributed by atoms with van der Waals surface area (Å²) in [5.41, 5.74) is 0. The number of likely N-dealkylation sites (tertiary alicyclic amines) is 1. The van der Waals surface area contributed by atoms with Crippen LogP contribution in [-0.2, 0) is 0 Å². The Balaban J connectivity index is 2.19. The zero-order valence-corrected chi connectivity index (χ0v) is 12.5. The average molecular weight is 271 g/mol. The molecule has 5 heteroatoms. The number of piperidine rings is 1. The highest BCUT2D eigenvalue weighted by molar-refractivity contribution is 5.74. The molecule has 0 aromatic carbocycles. The Hall–Kier alpha value is -0.810. The third-order valence-corrected chi connectivity index (χ3v) is 3.49. The molecule has 0 spiro atoms. The predicted molar refractivity (Wildman–Crippen MR) is 77.1 cm³/mol. The Labute approximate surface area is 116 Å². The molecule has 0 bridgehead atoms. The van der Waals surface area contributed by atoms with Crippen molar-refractivity contribution in [3.63, 3.8) is 0 Å². The highest BCUT2D eigenvalue weighted by atomic mass is 16.3. The molecule has 1 aliphatic rings. The summed E-state index contributed by atoms with van der Waals surface area (Å²) in [6.45, 7) is 9.76. The minimum atomic E-state index is -0.108. The molecular weight excluding hydrogens is 242 g/mol. The van der Waals surface area contributed by atoms with E-state index in [0.29, 0.717) is 12.3 Å². The van der Waals surface area contributed by atoms with Gasteiger partial charge in [0.25, 0.3) is 0 Å². The van der Waals surface area contributed by atoms with Gasteiger partial charge in [0.05, 0.1) is 0 Å². The first-order chi connectivity index (χ1) is 9.01. The van der Waals surface area contributed by atoms with Gasteiger partial charge in [0, 0.05) is 38.3 Å². The molecule has 0 saturated carbocycles. The van der Waals surface area contributed by atoms with Crippen LogP contribution in [0, 0.1) is 5.92 Å². The van der Waals surface area contributed by atoms with Gasteiger partial charge >= 0.3 is 6.03 Å². The number of aliphatic hydroxyl groups excluding tert-OH is 1. The van der Waals surface area contributed by atoms with Gasteiger partial charge in [-0.3, -0.25) is 0 Å². The van der Waals surface area contributed by atoms with Gasteiger partial charge in [-0.05, 0) is 32.1 Å². The number of rotatable bonds is 6. The molecule has 0 aromatic rings. The SMILES string of the molecule is CC(C)CN1CCC(NC(=O)N[C@H](C)CCO)CC1. The number of aliphatic hydroxyl groups is 1. The fourth-order valence-corrected chi connectivity index (χ4v) is 2.49. The van der Waals surface area contributed by atoms with Crippen LogP contribution in [0.25, 0.3) is 0 Å². The lowest BCUT2D eigenvalue weighted by Crippen LogP contribution is -2.50. The number of nitrogens with one attached hydrogen (secondary N) is 2. The average Bonchev–Trinajstić information content (AvgIpc) is 2.31. The van der Waals surface area contributed by atoms with Crippen molar-refractivity contribution in [2.75, 3.05) is 26.2 Å². The van der Waals surface area contributed by atoms with Gasteiger partial charge in [0.15, 0.2) is 0 Å². The van der Waals surface area contributed by atoms with E-state index in [0.717, 1.165) is 32.5 Å². The lowest BCUT2D eigenvalue weighted by atomic mass is 10.0. The summed E-state index contributed by atoms with van der Waals surface area (Å²) in [5, 5.41) is 14.7. The van der Waals surface area contributed by atoms with E-state index in [9.17, 15) is 4.79 Å². The Bertz CT molecular complexity index is 263. The highest BCUT2D eigenvalue weighted by Gasteiger charge is 2.21. The number of urea groups is 1. The Morgan fingerprint density at radius 1 is 1.32 bits per heavy atom. The molecule has 2 amide bonds. The van der Waals surface area contributed by atoms with E-state index in [4.69, 9.17) is 5.11 Å². The minimum Gasteiger partial charge on any atom is -0.396 e. The number of carbonyl (C=O) groups excluding carboxylic acids is 1. The monoisotopic (exact) mass is 271 g/mol. The molecule has 1 fully saturated rings. The van der Waals surface area contributed by atoms with E-state index < -0.39 is 0 Å². The summed E-state index contributed by atoms with van der Waals surface area (Å²) in [6.07, 6.45) is 2.64. The van der Waals surface area contributed by atoms with Gasteiger partial charge < -0.3 is 20.6 Å². The first-order valence-electron chi connectivity index (χ1n) is 7.41. The molecule has 0 unspecified atom stereocenters. The molecule has 5 nitrogen and oxygen atoms in total. The summed E-state index contributed by atoms with van der Waals surface area (Å²) >= 11 is 0. The second kappa shape index (κ2) is 8.38. The summed E-state index contributed by atoms with van der Waals surface area (Å²) in [4.78, 5) is 14.2. The third kappa shape index (κ3) is 6.78. The molecule has 3 N–H and O–H groups in total. The van der Waals surface area contributed by atoms with Gasteiger partial charge in [-0.25, -0.2) is 4.79 Å². The molecule has 1 saturated heterocycles. The van der Waals surface area contributed by atoms with Crippen molar-refractivity contribution in [1.29, 1.82) is 0 Å². The molecule has 0 aromatic heterocycles. The maximum absolute atomic E-state index is 11.7. The molecule has 1 heterocycles. The normalized spacial score (nSPS) is 19.4. The topological polar surface area (TPSA) is 64.6 Å². The number of hydrogen-bond donors (Lipinski definition) is 3. The van der Waals surface area contributed by atoms with Crippen LogP contribution < -0.4 is 10.6 Å². The summed E-state index contributed by atoms with van der Waals surface area (Å²) in [7, 11) is 0. The molecule has 0 radical (unpaired) electrons. The van der Waals surface area contributed by atoms with Crippen LogP contribution in [0.15, 0.2) is 0 Å². The van der Waals surface area contributed by atoms with Crippen LogP contribution in [0.5, 0.6) is 0 Å². The predicted octanol–water partition coefficient (Wildman–Crippen LogP) is 1.18. The van der Waals surface area contributed by atoms with Crippen molar-refractivity contribution in [2.45, 2.75) is 52.1 Å². The van der Waals surface area contributed by atoms with Gasteiger partial charge in [0.2, 0.25) is 0 Å². The van der Waals surface area contributed by atoms with Crippen LogP contribution in [-0.4, -0.2) is 54.4 Å². The first-order valence-corrected chi connectivity index (χ1v) is 7.41. The lowest BCUT2D eigenvalue weighted by Gasteiger charge is -2.33. The van der Waals surface area contributed by atoms with E-state index in [1.807, 2.05) is 6.92 Å². The van der Waals surface area contributed by atoms with Crippen LogP contribution in [0.1, 0.15) is 40.0 Å². The number of nitrogens with zero attached hydrogens (tertiary/aromatic N) is 1. The van der Waals surface area contributed by atoms with Crippen molar-refractivity contribution in [3.8, 4) is 0 Å². The van der Waals surface area contributed by atoms with Crippen LogP contribution in [0.2, 0.25) is 0 Å². The van der Waals surface area contributed by atoms with Crippen molar-refractivity contribution in [2.24, 2.45) is 5.92 Å². The molecule has 0 aliphatic carbocycles. The quantitative estimate of drug-likeness (QED) is 0.679. The van der Waals surface area contributed by atoms with Gasteiger partial charge in [-0.15, -0.1) is 0 Å². The standard InChI is InChI=1S/C14H29N3O2/c1-11(2)10-17-7-4-13(5-8-17)16-14(19)15-12(3)6-9-18/h11-13,18H,4-10H2,1-3H3,(H2,15,16,19)/t12-/m1/s1. The van der Waals surface area contributed by atoms with Crippen molar-refractivity contribution < 1.29 is 9.90 Å². The third-order valence-electron chi connectivity index (χ3n) is 3.49. The maximum Gasteiger partial charge on any atom is 0.315 e. The second-order valence-corrected chi connectivity index (χ2v) is 6.00. The molecule has 1 rings (SSSR count). The highest BCUT2D eigenvalue weighted by Crippen LogP contribution is 2.11. The van der Waals surface area contributed by atoms with E-state index in [1.165, 1.54) is 0 Å². The van der Waals surface area contributed by atoms with Gasteiger partial charge in [-0.1, -0.05) is 13.8 Å². The largest absolute Gasteiger partial charge is 0.396 e. The second-order valence-electron chi connectivity index (χ2n) is 6.00. The van der Waals surface area contributed by atoms with Crippen molar-refractivity contribution in [1.82, 2.24) is 15.5 Å². The molecule has 19 heavy (non-hydrogen) atoms. The van der Waals surface area contributed by atoms with E-state index in [1.54, 1.807) is 0 Å². The smallest absolute Gasteiger partial charge is 0.315 e. The number of amides is 2. The number of hydrogen-bond acceptors (Lipinski definition) is 3. The fourth-order valence-electron chi connectivity index (χ4n) is 2.49. The molecular formula is C14H29N3O2. The maximum atomic E-state index is 11.7. The minimum absolute atomic E-state index is 0.0195. The van der Waals surface area contributed by atoms with Crippen molar-refractivity contribution in [3.05, 3.63) is 0 Å². The van der Waals surface area contributed by atoms with E-state index >= 15 is 0 Å². The Kier molecular flexibility index (Phi) is 7.16. The van der Waals surface area contributed by atoms with Gasteiger partial charge in [0.1, 0.15) is 0 Å². The first kappa shape index (κ1) is 16.2. The number of carbonyl (C=O) groups is 1. The van der Waals surface area contributed by atoms with Crippen LogP contribution >= 0.6 is 0 Å². The molecule has 1 aliphatic heterocycles. The van der Waals surface area contributed by atoms with E-state index in [-0.39, 0.29) is 24.7 Å².